The van der Waals surface area contributed by atoms with Gasteiger partial charge in [-0.15, -0.1) is 69.6 Å². The molecule has 0 unspecified atom stereocenters. The van der Waals surface area contributed by atoms with Gasteiger partial charge in [0.15, 0.2) is 0 Å². The first-order chi connectivity index (χ1) is 5.46. The molecular weight excluding hydrogens is 393 g/mol. The second-order valence-electron chi connectivity index (χ2n) is 2.67. The average Bonchev–Trinajstić information content (AvgIpc) is 2.08. The van der Waals surface area contributed by atoms with Crippen LogP contribution in [0, 0.1) is 0 Å². The molecular formula is C6H6AgCl6. The molecule has 0 heterocycles. The molecule has 0 spiro atoms. The zero-order valence-corrected chi connectivity index (χ0v) is 12.1. The molecule has 1 rings (SSSR count). The molecule has 0 nitrogen and oxygen atoms in total. The van der Waals surface area contributed by atoms with Gasteiger partial charge in [-0.1, -0.05) is 0 Å². The molecule has 1 saturated carbocycles. The number of halogens is 6. The van der Waals surface area contributed by atoms with Gasteiger partial charge in [0.25, 0.3) is 0 Å². The largest absolute Gasteiger partial charge is 0.120 e. The molecule has 0 aromatic rings. The summed E-state index contributed by atoms with van der Waals surface area (Å²) >= 11 is 35.3. The van der Waals surface area contributed by atoms with Crippen LogP contribution >= 0.6 is 69.6 Å². The minimum absolute atomic E-state index is 0. The van der Waals surface area contributed by atoms with E-state index in [1.165, 1.54) is 0 Å². The van der Waals surface area contributed by atoms with Gasteiger partial charge in [0.1, 0.15) is 0 Å². The smallest absolute Gasteiger partial charge is 0.0693 e. The van der Waals surface area contributed by atoms with Crippen LogP contribution in [0.5, 0.6) is 0 Å². The van der Waals surface area contributed by atoms with E-state index in [1.807, 2.05) is 0 Å². The Morgan fingerprint density at radius 2 is 0.462 bits per heavy atom. The van der Waals surface area contributed by atoms with Gasteiger partial charge in [-0.3, -0.25) is 0 Å². The van der Waals surface area contributed by atoms with E-state index < -0.39 is 32.3 Å². The first-order valence-electron chi connectivity index (χ1n) is 3.31. The summed E-state index contributed by atoms with van der Waals surface area (Å²) in [5.74, 6) is 0. The van der Waals surface area contributed by atoms with Gasteiger partial charge in [-0.2, -0.15) is 0 Å². The second kappa shape index (κ2) is 6.27. The van der Waals surface area contributed by atoms with E-state index in [1.54, 1.807) is 0 Å². The summed E-state index contributed by atoms with van der Waals surface area (Å²) in [6.45, 7) is 0. The fourth-order valence-corrected chi connectivity index (χ4v) is 3.38. The van der Waals surface area contributed by atoms with E-state index in [0.717, 1.165) is 0 Å². The van der Waals surface area contributed by atoms with Crippen molar-refractivity contribution >= 4 is 69.6 Å². The number of alkyl halides is 6. The Balaban J connectivity index is 0.00000144. The molecule has 0 aromatic carbocycles. The molecule has 0 saturated heterocycles. The second-order valence-corrected chi connectivity index (χ2v) is 5.69. The molecule has 7 heteroatoms. The summed E-state index contributed by atoms with van der Waals surface area (Å²) in [6, 6.07) is 0. The summed E-state index contributed by atoms with van der Waals surface area (Å²) in [7, 11) is 0. The standard InChI is InChI=1S/C6H6Cl6.Ag/c7-1-2(8)4(10)6(12)5(11)3(1)9;/h1-6H;/t1-,2-,3-,4+,5+,6+;. The van der Waals surface area contributed by atoms with Crippen LogP contribution in [0.3, 0.4) is 0 Å². The SMILES string of the molecule is Cl[C@H]1[C@H](Cl)[C@@H](Cl)[C@@H](Cl)[C@H](Cl)[C@H]1Cl.[Ag]. The van der Waals surface area contributed by atoms with Crippen molar-refractivity contribution < 1.29 is 22.4 Å². The maximum Gasteiger partial charge on any atom is 0.0693 e. The van der Waals surface area contributed by atoms with Gasteiger partial charge in [0.05, 0.1) is 32.3 Å². The molecule has 1 aliphatic rings. The Morgan fingerprint density at radius 3 is 0.538 bits per heavy atom. The summed E-state index contributed by atoms with van der Waals surface area (Å²) in [6.07, 6.45) is 0. The van der Waals surface area contributed by atoms with Gasteiger partial charge >= 0.3 is 0 Å². The van der Waals surface area contributed by atoms with Gasteiger partial charge in [0.2, 0.25) is 0 Å². The van der Waals surface area contributed by atoms with Crippen LogP contribution in [0.1, 0.15) is 0 Å². The van der Waals surface area contributed by atoms with Gasteiger partial charge in [-0.05, 0) is 0 Å². The molecule has 0 bridgehead atoms. The van der Waals surface area contributed by atoms with Crippen LogP contribution in [0.2, 0.25) is 0 Å². The monoisotopic (exact) mass is 395 g/mol. The molecule has 1 radical (unpaired) electrons. The van der Waals surface area contributed by atoms with Crippen molar-refractivity contribution in [2.75, 3.05) is 0 Å². The zero-order valence-electron chi connectivity index (χ0n) is 6.03. The summed E-state index contributed by atoms with van der Waals surface area (Å²) in [4.78, 5) is 0. The number of rotatable bonds is 0. The van der Waals surface area contributed by atoms with Crippen molar-refractivity contribution in [3.63, 3.8) is 0 Å². The minimum atomic E-state index is -0.437. The Kier molecular flexibility index (Phi) is 7.47. The maximum atomic E-state index is 5.88. The molecule has 1 fully saturated rings. The Labute approximate surface area is 123 Å². The van der Waals surface area contributed by atoms with E-state index in [2.05, 4.69) is 0 Å². The molecule has 13 heavy (non-hydrogen) atoms. The van der Waals surface area contributed by atoms with Crippen molar-refractivity contribution in [3.8, 4) is 0 Å². The molecule has 0 aromatic heterocycles. The fourth-order valence-electron chi connectivity index (χ4n) is 1.05. The van der Waals surface area contributed by atoms with Crippen LogP contribution in [-0.4, -0.2) is 32.3 Å². The quantitative estimate of drug-likeness (QED) is 0.432. The van der Waals surface area contributed by atoms with Crippen LogP contribution in [-0.2, 0) is 22.4 Å². The fraction of sp³-hybridized carbons (Fsp3) is 1.00. The first-order valence-corrected chi connectivity index (χ1v) is 5.93. The molecule has 0 N–H and O–H groups in total. The molecule has 0 amide bonds. The van der Waals surface area contributed by atoms with Crippen LogP contribution in [0.25, 0.3) is 0 Å². The Bertz CT molecular complexity index is 109. The third kappa shape index (κ3) is 3.22. The van der Waals surface area contributed by atoms with E-state index in [-0.39, 0.29) is 22.4 Å². The first kappa shape index (κ1) is 15.5. The van der Waals surface area contributed by atoms with Crippen molar-refractivity contribution in [1.29, 1.82) is 0 Å². The third-order valence-electron chi connectivity index (χ3n) is 1.83. The number of hydrogen-bond donors (Lipinski definition) is 0. The maximum absolute atomic E-state index is 5.88. The predicted molar refractivity (Wildman–Crippen MR) is 57.8 cm³/mol. The van der Waals surface area contributed by atoms with Crippen LogP contribution in [0.4, 0.5) is 0 Å². The molecule has 1 aliphatic carbocycles. The van der Waals surface area contributed by atoms with E-state index in [0.29, 0.717) is 0 Å². The normalized spacial score (nSPS) is 51.2. The third-order valence-corrected chi connectivity index (χ3v) is 5.86. The summed E-state index contributed by atoms with van der Waals surface area (Å²) in [5, 5.41) is -2.62. The van der Waals surface area contributed by atoms with Crippen LogP contribution in [0.15, 0.2) is 0 Å². The van der Waals surface area contributed by atoms with Crippen molar-refractivity contribution in [3.05, 3.63) is 0 Å². The van der Waals surface area contributed by atoms with Crippen molar-refractivity contribution in [2.24, 2.45) is 0 Å². The van der Waals surface area contributed by atoms with Gasteiger partial charge in [-0.25, -0.2) is 0 Å². The van der Waals surface area contributed by atoms with E-state index in [4.69, 9.17) is 69.6 Å². The Hall–Kier alpha value is 2.48. The van der Waals surface area contributed by atoms with Gasteiger partial charge < -0.3 is 0 Å². The zero-order chi connectivity index (χ0) is 9.46. The topological polar surface area (TPSA) is 0 Å². The number of hydrogen-bond acceptors (Lipinski definition) is 0. The summed E-state index contributed by atoms with van der Waals surface area (Å²) < 4.78 is 0. The molecule has 83 valence electrons. The average molecular weight is 399 g/mol. The van der Waals surface area contributed by atoms with Crippen molar-refractivity contribution in [2.45, 2.75) is 32.3 Å². The Morgan fingerprint density at radius 1 is 0.385 bits per heavy atom. The van der Waals surface area contributed by atoms with Crippen LogP contribution < -0.4 is 0 Å². The molecule has 0 atom stereocenters. The minimum Gasteiger partial charge on any atom is -0.120 e. The molecule has 0 aliphatic heterocycles. The van der Waals surface area contributed by atoms with E-state index in [9.17, 15) is 0 Å². The van der Waals surface area contributed by atoms with Gasteiger partial charge in [0, 0.05) is 22.4 Å². The predicted octanol–water partition coefficient (Wildman–Crippen LogP) is 3.64. The van der Waals surface area contributed by atoms with E-state index >= 15 is 0 Å². The van der Waals surface area contributed by atoms with Crippen molar-refractivity contribution in [1.82, 2.24) is 0 Å². The summed E-state index contributed by atoms with van der Waals surface area (Å²) in [5.41, 5.74) is 0.